The minimum atomic E-state index is -0.984. The Hall–Kier alpha value is -3.39. The number of phenolic OH excluding ortho intramolecular Hbond substituents is 1. The van der Waals surface area contributed by atoms with E-state index in [0.717, 1.165) is 13.1 Å². The molecule has 0 spiro atoms. The lowest BCUT2D eigenvalue weighted by Gasteiger charge is -2.28. The van der Waals surface area contributed by atoms with E-state index < -0.39 is 29.3 Å². The molecular formula is C24H27FN2O5. The molecule has 32 heavy (non-hydrogen) atoms. The summed E-state index contributed by atoms with van der Waals surface area (Å²) >= 11 is 0. The van der Waals surface area contributed by atoms with Crippen molar-refractivity contribution in [3.8, 4) is 11.5 Å². The van der Waals surface area contributed by atoms with Crippen molar-refractivity contribution in [2.75, 3.05) is 33.3 Å². The van der Waals surface area contributed by atoms with Crippen LogP contribution < -0.4 is 4.74 Å². The molecule has 0 bridgehead atoms. The van der Waals surface area contributed by atoms with Crippen molar-refractivity contribution in [3.05, 3.63) is 65.0 Å². The van der Waals surface area contributed by atoms with Crippen molar-refractivity contribution >= 4 is 17.4 Å². The molecule has 0 radical (unpaired) electrons. The highest BCUT2D eigenvalue weighted by molar-refractivity contribution is 6.46. The summed E-state index contributed by atoms with van der Waals surface area (Å²) in [6, 6.07) is 8.82. The fraction of sp³-hybridized carbons (Fsp3) is 0.333. The first kappa shape index (κ1) is 23.3. The van der Waals surface area contributed by atoms with Gasteiger partial charge in [0.2, 0.25) is 0 Å². The van der Waals surface area contributed by atoms with Crippen molar-refractivity contribution < 1.29 is 28.9 Å². The van der Waals surface area contributed by atoms with Crippen LogP contribution in [0.25, 0.3) is 5.76 Å². The average Bonchev–Trinajstić information content (AvgIpc) is 3.04. The average molecular weight is 442 g/mol. The molecule has 7 nitrogen and oxygen atoms in total. The van der Waals surface area contributed by atoms with Crippen LogP contribution in [0.4, 0.5) is 4.39 Å². The Balaban J connectivity index is 2.13. The summed E-state index contributed by atoms with van der Waals surface area (Å²) in [6.07, 6.45) is 0. The van der Waals surface area contributed by atoms with Crippen LogP contribution in [0, 0.1) is 5.82 Å². The number of Topliss-reactive ketones (excluding diaryl/α,β-unsaturated/α-hetero) is 1. The topological polar surface area (TPSA) is 90.3 Å². The predicted octanol–water partition coefficient (Wildman–Crippen LogP) is 3.30. The van der Waals surface area contributed by atoms with Gasteiger partial charge in [0.1, 0.15) is 23.1 Å². The molecule has 1 amide bonds. The Bertz CT molecular complexity index is 1050. The zero-order valence-electron chi connectivity index (χ0n) is 18.3. The Labute approximate surface area is 186 Å². The van der Waals surface area contributed by atoms with E-state index in [1.54, 1.807) is 6.07 Å². The summed E-state index contributed by atoms with van der Waals surface area (Å²) in [6.45, 7) is 6.26. The number of amides is 1. The molecule has 1 heterocycles. The molecule has 2 N–H and O–H groups in total. The molecule has 1 atom stereocenters. The van der Waals surface area contributed by atoms with Crippen LogP contribution in [0.5, 0.6) is 11.5 Å². The zero-order chi connectivity index (χ0) is 23.4. The number of hydrogen-bond donors (Lipinski definition) is 2. The van der Waals surface area contributed by atoms with Crippen LogP contribution in [0.3, 0.4) is 0 Å². The van der Waals surface area contributed by atoms with Crippen LogP contribution in [-0.4, -0.2) is 65.0 Å². The number of halogens is 1. The molecule has 170 valence electrons. The van der Waals surface area contributed by atoms with E-state index in [0.29, 0.717) is 17.9 Å². The van der Waals surface area contributed by atoms with Gasteiger partial charge in [-0.15, -0.1) is 0 Å². The second kappa shape index (κ2) is 9.82. The smallest absolute Gasteiger partial charge is 0.295 e. The van der Waals surface area contributed by atoms with Gasteiger partial charge in [-0.3, -0.25) is 9.59 Å². The van der Waals surface area contributed by atoms with Crippen molar-refractivity contribution in [2.45, 2.75) is 19.9 Å². The van der Waals surface area contributed by atoms with E-state index in [1.807, 2.05) is 13.8 Å². The van der Waals surface area contributed by atoms with Gasteiger partial charge in [0.05, 0.1) is 24.3 Å². The van der Waals surface area contributed by atoms with Gasteiger partial charge in [-0.2, -0.15) is 0 Å². The number of hydrogen-bond acceptors (Lipinski definition) is 6. The van der Waals surface area contributed by atoms with Crippen LogP contribution in [0.2, 0.25) is 0 Å². The minimum absolute atomic E-state index is 0.0195. The third kappa shape index (κ3) is 4.45. The van der Waals surface area contributed by atoms with E-state index in [-0.39, 0.29) is 23.4 Å². The summed E-state index contributed by atoms with van der Waals surface area (Å²) in [7, 11) is 1.43. The Morgan fingerprint density at radius 2 is 1.88 bits per heavy atom. The van der Waals surface area contributed by atoms with Gasteiger partial charge in [-0.05, 0) is 42.9 Å². The molecule has 0 saturated carbocycles. The van der Waals surface area contributed by atoms with Gasteiger partial charge in [-0.1, -0.05) is 26.0 Å². The van der Waals surface area contributed by atoms with Crippen LogP contribution >= 0.6 is 0 Å². The molecule has 1 aliphatic rings. The molecule has 0 unspecified atom stereocenters. The van der Waals surface area contributed by atoms with Crippen molar-refractivity contribution in [1.29, 1.82) is 0 Å². The summed E-state index contributed by atoms with van der Waals surface area (Å²) in [5.41, 5.74) is 0.146. The quantitative estimate of drug-likeness (QED) is 0.370. The second-order valence-corrected chi connectivity index (χ2v) is 7.46. The second-order valence-electron chi connectivity index (χ2n) is 7.46. The number of aromatic hydroxyl groups is 1. The lowest BCUT2D eigenvalue weighted by atomic mass is 9.95. The number of nitrogens with zero attached hydrogens (tertiary/aromatic N) is 2. The normalized spacial score (nSPS) is 17.9. The van der Waals surface area contributed by atoms with Gasteiger partial charge in [0, 0.05) is 19.2 Å². The summed E-state index contributed by atoms with van der Waals surface area (Å²) in [5.74, 6) is -2.66. The summed E-state index contributed by atoms with van der Waals surface area (Å²) in [5, 5.41) is 21.4. The first-order chi connectivity index (χ1) is 15.3. The van der Waals surface area contributed by atoms with E-state index in [4.69, 9.17) is 4.74 Å². The maximum atomic E-state index is 14.0. The number of likely N-dealkylation sites (tertiary alicyclic amines) is 1. The number of ether oxygens (including phenoxy) is 1. The number of benzene rings is 2. The maximum Gasteiger partial charge on any atom is 0.295 e. The van der Waals surface area contributed by atoms with Gasteiger partial charge in [-0.25, -0.2) is 4.39 Å². The van der Waals surface area contributed by atoms with Gasteiger partial charge >= 0.3 is 0 Å². The molecular weight excluding hydrogens is 415 g/mol. The fourth-order valence-electron chi connectivity index (χ4n) is 3.91. The van der Waals surface area contributed by atoms with Gasteiger partial charge < -0.3 is 24.7 Å². The fourth-order valence-corrected chi connectivity index (χ4v) is 3.91. The van der Waals surface area contributed by atoms with Crippen molar-refractivity contribution in [1.82, 2.24) is 9.80 Å². The highest BCUT2D eigenvalue weighted by atomic mass is 19.1. The number of phenols is 1. The summed E-state index contributed by atoms with van der Waals surface area (Å²) in [4.78, 5) is 29.4. The number of likely N-dealkylation sites (N-methyl/N-ethyl adjacent to an activating group) is 1. The molecule has 1 aliphatic heterocycles. The maximum absolute atomic E-state index is 14.0. The van der Waals surface area contributed by atoms with Gasteiger partial charge in [0.25, 0.3) is 11.7 Å². The highest BCUT2D eigenvalue weighted by Crippen LogP contribution is 2.41. The van der Waals surface area contributed by atoms with Crippen LogP contribution in [-0.2, 0) is 9.59 Å². The first-order valence-electron chi connectivity index (χ1n) is 10.5. The van der Waals surface area contributed by atoms with Crippen molar-refractivity contribution in [2.24, 2.45) is 0 Å². The number of carbonyl (C=O) groups is 2. The molecule has 2 aromatic carbocycles. The third-order valence-electron chi connectivity index (χ3n) is 5.72. The van der Waals surface area contributed by atoms with Crippen LogP contribution in [0.15, 0.2) is 48.0 Å². The number of ketones is 1. The van der Waals surface area contributed by atoms with Gasteiger partial charge in [0.15, 0.2) is 0 Å². The first-order valence-corrected chi connectivity index (χ1v) is 10.5. The molecule has 8 heteroatoms. The Morgan fingerprint density at radius 3 is 2.47 bits per heavy atom. The molecule has 3 rings (SSSR count). The number of carbonyl (C=O) groups excluding carboxylic acids is 2. The number of aliphatic hydroxyl groups excluding tert-OH is 1. The van der Waals surface area contributed by atoms with Crippen LogP contribution in [0.1, 0.15) is 31.0 Å². The van der Waals surface area contributed by atoms with E-state index in [1.165, 1.54) is 48.4 Å². The highest BCUT2D eigenvalue weighted by Gasteiger charge is 2.46. The molecule has 0 aliphatic carbocycles. The SMILES string of the molecule is CCN(CC)CCN1C(=O)C(=O)C(=C(O)c2ccc(OC)cc2O)[C@@H]1c1cccc(F)c1. The molecule has 2 aromatic rings. The lowest BCUT2D eigenvalue weighted by molar-refractivity contribution is -0.140. The van der Waals surface area contributed by atoms with Crippen molar-refractivity contribution in [3.63, 3.8) is 0 Å². The number of aliphatic hydroxyl groups is 1. The lowest BCUT2D eigenvalue weighted by Crippen LogP contribution is -2.38. The monoisotopic (exact) mass is 442 g/mol. The molecule has 1 saturated heterocycles. The Morgan fingerprint density at radius 1 is 1.16 bits per heavy atom. The Kier molecular flexibility index (Phi) is 7.15. The molecule has 0 aromatic heterocycles. The third-order valence-corrected chi connectivity index (χ3v) is 5.72. The summed E-state index contributed by atoms with van der Waals surface area (Å²) < 4.78 is 19.1. The van der Waals surface area contributed by atoms with E-state index >= 15 is 0 Å². The van der Waals surface area contributed by atoms with E-state index in [2.05, 4.69) is 4.90 Å². The molecule has 1 fully saturated rings. The zero-order valence-corrected chi connectivity index (χ0v) is 18.3. The number of methoxy groups -OCH3 is 1. The largest absolute Gasteiger partial charge is 0.507 e. The standard InChI is InChI=1S/C24H27FN2O5/c1-4-26(5-2)11-12-27-21(15-7-6-8-16(25)13-15)20(23(30)24(27)31)22(29)18-10-9-17(32-3)14-19(18)28/h6-10,13-14,21,28-29H,4-5,11-12H2,1-3H3/t21-/m0/s1. The number of rotatable bonds is 8. The minimum Gasteiger partial charge on any atom is -0.507 e. The predicted molar refractivity (Wildman–Crippen MR) is 118 cm³/mol. The van der Waals surface area contributed by atoms with E-state index in [9.17, 15) is 24.2 Å².